The van der Waals surface area contributed by atoms with Crippen molar-refractivity contribution < 1.29 is 9.21 Å². The number of hydrogen-bond acceptors (Lipinski definition) is 4. The molecule has 2 aromatic rings. The van der Waals surface area contributed by atoms with Crippen molar-refractivity contribution >= 4 is 16.9 Å². The van der Waals surface area contributed by atoms with Crippen molar-refractivity contribution in [2.75, 3.05) is 13.1 Å². The van der Waals surface area contributed by atoms with Crippen LogP contribution in [0.1, 0.15) is 23.4 Å². The summed E-state index contributed by atoms with van der Waals surface area (Å²) in [6.45, 7) is 1.22. The number of benzene rings is 1. The highest BCUT2D eigenvalue weighted by Gasteiger charge is 2.23. The third kappa shape index (κ3) is 2.32. The van der Waals surface area contributed by atoms with Gasteiger partial charge in [0.2, 0.25) is 0 Å². The molecule has 104 valence electrons. The van der Waals surface area contributed by atoms with Crippen LogP contribution < -0.4 is 11.2 Å². The number of hydrogen-bond donors (Lipinski definition) is 1. The zero-order valence-corrected chi connectivity index (χ0v) is 11.0. The van der Waals surface area contributed by atoms with E-state index in [4.69, 9.17) is 10.2 Å². The van der Waals surface area contributed by atoms with E-state index in [0.29, 0.717) is 24.1 Å². The Morgan fingerprint density at radius 1 is 1.25 bits per heavy atom. The first kappa shape index (κ1) is 12.9. The van der Waals surface area contributed by atoms with E-state index >= 15 is 0 Å². The minimum atomic E-state index is -0.236. The Balaban J connectivity index is 1.94. The monoisotopic (exact) mass is 272 g/mol. The second kappa shape index (κ2) is 5.09. The van der Waals surface area contributed by atoms with Crippen LogP contribution in [0.4, 0.5) is 0 Å². The van der Waals surface area contributed by atoms with Gasteiger partial charge in [0.05, 0.1) is 5.39 Å². The van der Waals surface area contributed by atoms with Gasteiger partial charge in [0.1, 0.15) is 5.58 Å². The first-order chi connectivity index (χ1) is 9.65. The molecule has 1 saturated heterocycles. The Bertz CT molecular complexity index is 700. The van der Waals surface area contributed by atoms with Crippen LogP contribution >= 0.6 is 0 Å². The number of fused-ring (bicyclic) bond motifs is 1. The van der Waals surface area contributed by atoms with Gasteiger partial charge < -0.3 is 15.1 Å². The summed E-state index contributed by atoms with van der Waals surface area (Å²) in [6, 6.07) is 8.36. The summed E-state index contributed by atoms with van der Waals surface area (Å²) < 4.78 is 5.56. The Kier molecular flexibility index (Phi) is 3.28. The Labute approximate surface area is 116 Å². The fraction of sp³-hybridized carbons (Fsp3) is 0.333. The third-order valence-electron chi connectivity index (χ3n) is 3.67. The maximum atomic E-state index is 12.4. The van der Waals surface area contributed by atoms with Gasteiger partial charge in [-0.15, -0.1) is 0 Å². The molecular formula is C15H16N2O3. The maximum Gasteiger partial charge on any atom is 0.289 e. The predicted molar refractivity (Wildman–Crippen MR) is 75.6 cm³/mol. The standard InChI is InChI=1S/C15H16N2O3/c16-10-5-7-17(8-6-10)15(19)14-9-12(18)11-3-1-2-4-13(11)20-14/h1-4,9-10H,5-8,16H2. The summed E-state index contributed by atoms with van der Waals surface area (Å²) in [6.07, 6.45) is 1.56. The van der Waals surface area contributed by atoms with Crippen LogP contribution in [0.25, 0.3) is 11.0 Å². The van der Waals surface area contributed by atoms with Gasteiger partial charge in [-0.3, -0.25) is 9.59 Å². The number of para-hydroxylation sites is 1. The number of nitrogens with two attached hydrogens (primary N) is 1. The summed E-state index contributed by atoms with van der Waals surface area (Å²) in [5, 5.41) is 0.490. The van der Waals surface area contributed by atoms with Gasteiger partial charge in [-0.2, -0.15) is 0 Å². The number of rotatable bonds is 1. The van der Waals surface area contributed by atoms with E-state index in [0.717, 1.165) is 12.8 Å². The van der Waals surface area contributed by atoms with E-state index in [1.165, 1.54) is 6.07 Å². The smallest absolute Gasteiger partial charge is 0.289 e. The quantitative estimate of drug-likeness (QED) is 0.850. The van der Waals surface area contributed by atoms with Crippen molar-refractivity contribution in [1.82, 2.24) is 4.90 Å². The first-order valence-electron chi connectivity index (χ1n) is 6.73. The SMILES string of the molecule is NC1CCN(C(=O)c2cc(=O)c3ccccc3o2)CC1. The number of amides is 1. The highest BCUT2D eigenvalue weighted by atomic mass is 16.3. The molecule has 1 aliphatic heterocycles. The minimum Gasteiger partial charge on any atom is -0.451 e. The summed E-state index contributed by atoms with van der Waals surface area (Å²) in [7, 11) is 0. The lowest BCUT2D eigenvalue weighted by atomic mass is 10.1. The molecule has 1 fully saturated rings. The van der Waals surface area contributed by atoms with Crippen LogP contribution in [0.3, 0.4) is 0 Å². The molecule has 5 heteroatoms. The third-order valence-corrected chi connectivity index (χ3v) is 3.67. The zero-order valence-electron chi connectivity index (χ0n) is 11.0. The molecule has 2 N–H and O–H groups in total. The Hall–Kier alpha value is -2.14. The maximum absolute atomic E-state index is 12.4. The molecule has 0 spiro atoms. The highest BCUT2D eigenvalue weighted by molar-refractivity contribution is 5.93. The topological polar surface area (TPSA) is 76.5 Å². The highest BCUT2D eigenvalue weighted by Crippen LogP contribution is 2.16. The van der Waals surface area contributed by atoms with Crippen LogP contribution in [-0.2, 0) is 0 Å². The summed E-state index contributed by atoms with van der Waals surface area (Å²) in [5.41, 5.74) is 6.07. The molecule has 1 aromatic carbocycles. The summed E-state index contributed by atoms with van der Waals surface area (Å²) >= 11 is 0. The van der Waals surface area contributed by atoms with Crippen molar-refractivity contribution in [3.05, 3.63) is 46.3 Å². The lowest BCUT2D eigenvalue weighted by molar-refractivity contribution is 0.0683. The lowest BCUT2D eigenvalue weighted by Crippen LogP contribution is -2.43. The molecule has 2 heterocycles. The summed E-state index contributed by atoms with van der Waals surface area (Å²) in [4.78, 5) is 26.0. The van der Waals surface area contributed by atoms with Gasteiger partial charge in [0.15, 0.2) is 11.2 Å². The predicted octanol–water partition coefficient (Wildman–Crippen LogP) is 1.36. The van der Waals surface area contributed by atoms with Crippen LogP contribution in [-0.4, -0.2) is 29.9 Å². The molecule has 0 saturated carbocycles. The number of carbonyl (C=O) groups is 1. The second-order valence-corrected chi connectivity index (χ2v) is 5.10. The molecule has 5 nitrogen and oxygen atoms in total. The average Bonchev–Trinajstić information content (AvgIpc) is 2.47. The molecule has 1 amide bonds. The number of likely N-dealkylation sites (tertiary alicyclic amines) is 1. The van der Waals surface area contributed by atoms with Crippen LogP contribution in [0.2, 0.25) is 0 Å². The van der Waals surface area contributed by atoms with E-state index in [9.17, 15) is 9.59 Å². The van der Waals surface area contributed by atoms with Gasteiger partial charge in [-0.1, -0.05) is 12.1 Å². The van der Waals surface area contributed by atoms with Crippen LogP contribution in [0.5, 0.6) is 0 Å². The van der Waals surface area contributed by atoms with E-state index in [1.807, 2.05) is 0 Å². The fourth-order valence-corrected chi connectivity index (χ4v) is 2.47. The fourth-order valence-electron chi connectivity index (χ4n) is 2.47. The molecule has 20 heavy (non-hydrogen) atoms. The largest absolute Gasteiger partial charge is 0.451 e. The van der Waals surface area contributed by atoms with Crippen molar-refractivity contribution in [1.29, 1.82) is 0 Å². The van der Waals surface area contributed by atoms with E-state index in [1.54, 1.807) is 29.2 Å². The van der Waals surface area contributed by atoms with Crippen LogP contribution in [0, 0.1) is 0 Å². The Morgan fingerprint density at radius 2 is 1.95 bits per heavy atom. The molecular weight excluding hydrogens is 256 g/mol. The molecule has 1 aromatic heterocycles. The molecule has 0 aliphatic carbocycles. The Morgan fingerprint density at radius 3 is 2.70 bits per heavy atom. The van der Waals surface area contributed by atoms with Crippen molar-refractivity contribution in [3.63, 3.8) is 0 Å². The van der Waals surface area contributed by atoms with E-state index in [-0.39, 0.29) is 23.1 Å². The molecule has 0 atom stereocenters. The molecule has 0 unspecified atom stereocenters. The van der Waals surface area contributed by atoms with Gasteiger partial charge in [0.25, 0.3) is 5.91 Å². The van der Waals surface area contributed by atoms with Gasteiger partial charge in [0, 0.05) is 25.2 Å². The number of piperidine rings is 1. The zero-order chi connectivity index (χ0) is 14.1. The van der Waals surface area contributed by atoms with E-state index in [2.05, 4.69) is 0 Å². The van der Waals surface area contributed by atoms with Crippen molar-refractivity contribution in [3.8, 4) is 0 Å². The van der Waals surface area contributed by atoms with Crippen LogP contribution in [0.15, 0.2) is 39.5 Å². The van der Waals surface area contributed by atoms with Crippen molar-refractivity contribution in [2.24, 2.45) is 5.73 Å². The second-order valence-electron chi connectivity index (χ2n) is 5.10. The number of carbonyl (C=O) groups excluding carboxylic acids is 1. The number of nitrogens with zero attached hydrogens (tertiary/aromatic N) is 1. The molecule has 1 aliphatic rings. The van der Waals surface area contributed by atoms with Gasteiger partial charge in [-0.05, 0) is 25.0 Å². The lowest BCUT2D eigenvalue weighted by Gasteiger charge is -2.29. The molecule has 0 radical (unpaired) electrons. The normalized spacial score (nSPS) is 16.6. The first-order valence-corrected chi connectivity index (χ1v) is 6.73. The molecule has 3 rings (SSSR count). The summed E-state index contributed by atoms with van der Waals surface area (Å²) in [5.74, 6) is -0.135. The van der Waals surface area contributed by atoms with Gasteiger partial charge in [-0.25, -0.2) is 0 Å². The van der Waals surface area contributed by atoms with E-state index < -0.39 is 0 Å². The minimum absolute atomic E-state index is 0.101. The van der Waals surface area contributed by atoms with Gasteiger partial charge >= 0.3 is 0 Å². The van der Waals surface area contributed by atoms with Crippen molar-refractivity contribution in [2.45, 2.75) is 18.9 Å². The molecule has 0 bridgehead atoms. The average molecular weight is 272 g/mol.